The van der Waals surface area contributed by atoms with E-state index < -0.39 is 0 Å². The fourth-order valence-corrected chi connectivity index (χ4v) is 5.72. The third-order valence-electron chi connectivity index (χ3n) is 6.01. The van der Waals surface area contributed by atoms with E-state index in [1.807, 2.05) is 0 Å². The van der Waals surface area contributed by atoms with Gasteiger partial charge in [-0.3, -0.25) is 0 Å². The summed E-state index contributed by atoms with van der Waals surface area (Å²) in [6.07, 6.45) is 6.06. The number of halogens is 2. The maximum Gasteiger partial charge on any atom is -1.00 e. The molecule has 1 aliphatic rings. The minimum absolute atomic E-state index is 0. The Bertz CT molecular complexity index is 1230. The minimum Gasteiger partial charge on any atom is -1.00 e. The van der Waals surface area contributed by atoms with Gasteiger partial charge in [-0.1, -0.05) is 0 Å². The Morgan fingerprint density at radius 2 is 1.47 bits per heavy atom. The number of hydrogen-bond donors (Lipinski definition) is 0. The molecule has 0 spiro atoms. The predicted octanol–water partition coefficient (Wildman–Crippen LogP) is 1.49. The molecule has 0 fully saturated rings. The zero-order valence-electron chi connectivity index (χ0n) is 17.0. The van der Waals surface area contributed by atoms with Crippen molar-refractivity contribution < 1.29 is 49.5 Å². The average molecular weight is 510 g/mol. The molecule has 0 heterocycles. The molecule has 0 amide bonds. The summed E-state index contributed by atoms with van der Waals surface area (Å²) in [4.78, 5) is 0. The molecular weight excluding hydrogens is 486 g/mol. The summed E-state index contributed by atoms with van der Waals surface area (Å²) in [5, 5.41) is 5.52. The summed E-state index contributed by atoms with van der Waals surface area (Å²) in [5.74, 6) is 0. The molecule has 0 saturated carbocycles. The van der Waals surface area contributed by atoms with Crippen LogP contribution in [-0.2, 0) is 31.1 Å². The number of hydrogen-bond acceptors (Lipinski definition) is 0. The molecule has 3 heteroatoms. The van der Waals surface area contributed by atoms with E-state index in [0.29, 0.717) is 3.63 Å². The molecule has 0 radical (unpaired) electrons. The number of fused-ring (bicyclic) bond motifs is 3. The van der Waals surface area contributed by atoms with Crippen LogP contribution < -0.4 is 24.8 Å². The Hall–Kier alpha value is -1.40. The fraction of sp³-hybridized carbons (Fsp3) is 0.185. The third kappa shape index (κ3) is 4.05. The summed E-state index contributed by atoms with van der Waals surface area (Å²) in [7, 11) is 0. The number of aryl methyl sites for hydroxylation is 1. The molecule has 0 saturated heterocycles. The first-order valence-corrected chi connectivity index (χ1v) is 11.6. The van der Waals surface area contributed by atoms with Crippen LogP contribution >= 0.6 is 0 Å². The van der Waals surface area contributed by atoms with E-state index >= 15 is 0 Å². The number of rotatable bonds is 4. The van der Waals surface area contributed by atoms with Crippen molar-refractivity contribution in [1.29, 1.82) is 0 Å². The molecule has 0 bridgehead atoms. The van der Waals surface area contributed by atoms with E-state index in [9.17, 15) is 0 Å². The second-order valence-corrected chi connectivity index (χ2v) is 9.20. The molecule has 0 N–H and O–H groups in total. The number of benzene rings is 4. The van der Waals surface area contributed by atoms with Gasteiger partial charge in [0.2, 0.25) is 0 Å². The molecule has 1 unspecified atom stereocenters. The number of allylic oxidation sites excluding steroid dienone is 1. The van der Waals surface area contributed by atoms with Gasteiger partial charge in [-0.15, -0.1) is 0 Å². The zero-order chi connectivity index (χ0) is 19.1. The van der Waals surface area contributed by atoms with Crippen LogP contribution in [0, 0.1) is 0 Å². The van der Waals surface area contributed by atoms with Gasteiger partial charge >= 0.3 is 183 Å². The van der Waals surface area contributed by atoms with Crippen molar-refractivity contribution in [1.82, 2.24) is 0 Å². The van der Waals surface area contributed by atoms with Gasteiger partial charge in [-0.2, -0.15) is 0 Å². The van der Waals surface area contributed by atoms with Crippen molar-refractivity contribution >= 4 is 33.2 Å². The van der Waals surface area contributed by atoms with E-state index in [-0.39, 0.29) is 24.8 Å². The van der Waals surface area contributed by atoms with E-state index in [4.69, 9.17) is 0 Å². The normalized spacial score (nSPS) is 14.8. The predicted molar refractivity (Wildman–Crippen MR) is 117 cm³/mol. The summed E-state index contributed by atoms with van der Waals surface area (Å²) in [6, 6.07) is 27.3. The van der Waals surface area contributed by atoms with E-state index in [0.717, 1.165) is 6.42 Å². The molecule has 1 aliphatic carbocycles. The molecular formula is C27H23Cl2Zr. The third-order valence-corrected chi connectivity index (χ3v) is 7.54. The largest absolute Gasteiger partial charge is 1.00 e. The van der Waals surface area contributed by atoms with E-state index in [1.54, 1.807) is 24.7 Å². The molecule has 0 aromatic heterocycles. The minimum atomic E-state index is 0. The molecule has 1 atom stereocenters. The molecule has 149 valence electrons. The van der Waals surface area contributed by atoms with Crippen molar-refractivity contribution in [3.63, 3.8) is 0 Å². The quantitative estimate of drug-likeness (QED) is 0.366. The summed E-state index contributed by atoms with van der Waals surface area (Å²) in [6.45, 7) is 2.27. The Morgan fingerprint density at radius 1 is 0.800 bits per heavy atom. The van der Waals surface area contributed by atoms with Gasteiger partial charge in [0.05, 0.1) is 0 Å². The SMILES string of the molecule is CCCCc1ccc(C2=Cc3ccccc3[CH]2[Zr+2])c2cc3ccccc3cc12.[Cl-].[Cl-]. The van der Waals surface area contributed by atoms with Gasteiger partial charge in [0.25, 0.3) is 0 Å². The van der Waals surface area contributed by atoms with Crippen molar-refractivity contribution in [2.24, 2.45) is 0 Å². The second kappa shape index (κ2) is 9.82. The van der Waals surface area contributed by atoms with E-state index in [1.165, 1.54) is 62.2 Å². The van der Waals surface area contributed by atoms with Crippen LogP contribution in [0.4, 0.5) is 0 Å². The first kappa shape index (κ1) is 23.3. The zero-order valence-corrected chi connectivity index (χ0v) is 20.9. The maximum atomic E-state index is 2.42. The Morgan fingerprint density at radius 3 is 2.17 bits per heavy atom. The average Bonchev–Trinajstić information content (AvgIpc) is 3.07. The second-order valence-electron chi connectivity index (χ2n) is 7.78. The van der Waals surface area contributed by atoms with Gasteiger partial charge < -0.3 is 24.8 Å². The van der Waals surface area contributed by atoms with Crippen molar-refractivity contribution in [2.45, 2.75) is 29.8 Å². The van der Waals surface area contributed by atoms with Crippen molar-refractivity contribution in [3.05, 3.63) is 95.1 Å². The van der Waals surface area contributed by atoms with Gasteiger partial charge in [0, 0.05) is 0 Å². The summed E-state index contributed by atoms with van der Waals surface area (Å²) < 4.78 is 0.527. The van der Waals surface area contributed by atoms with Crippen LogP contribution in [-0.4, -0.2) is 0 Å². The first-order chi connectivity index (χ1) is 13.8. The molecule has 4 aromatic rings. The Labute approximate surface area is 206 Å². The van der Waals surface area contributed by atoms with Crippen LogP contribution in [0.25, 0.3) is 33.2 Å². The van der Waals surface area contributed by atoms with Crippen molar-refractivity contribution in [3.8, 4) is 0 Å². The van der Waals surface area contributed by atoms with Crippen molar-refractivity contribution in [2.75, 3.05) is 0 Å². The van der Waals surface area contributed by atoms with Crippen LogP contribution in [0.3, 0.4) is 0 Å². The Kier molecular flexibility index (Phi) is 7.62. The maximum absolute atomic E-state index is 2.42. The molecule has 5 rings (SSSR count). The number of unbranched alkanes of at least 4 members (excludes halogenated alkanes) is 1. The van der Waals surface area contributed by atoms with Gasteiger partial charge in [0.1, 0.15) is 0 Å². The van der Waals surface area contributed by atoms with Crippen LogP contribution in [0.2, 0.25) is 0 Å². The molecule has 0 aliphatic heterocycles. The fourth-order valence-electron chi connectivity index (χ4n) is 4.49. The molecule has 4 aromatic carbocycles. The van der Waals surface area contributed by atoms with E-state index in [2.05, 4.69) is 85.8 Å². The monoisotopic (exact) mass is 507 g/mol. The van der Waals surface area contributed by atoms with Crippen LogP contribution in [0.5, 0.6) is 0 Å². The van der Waals surface area contributed by atoms with Crippen LogP contribution in [0.15, 0.2) is 72.8 Å². The summed E-state index contributed by atoms with van der Waals surface area (Å²) in [5.41, 5.74) is 7.27. The molecule has 0 nitrogen and oxygen atoms in total. The Balaban J connectivity index is 0.00000128. The van der Waals surface area contributed by atoms with Gasteiger partial charge in [-0.25, -0.2) is 0 Å². The van der Waals surface area contributed by atoms with Gasteiger partial charge in [0.15, 0.2) is 0 Å². The smallest absolute Gasteiger partial charge is 1.00 e. The van der Waals surface area contributed by atoms with Crippen LogP contribution in [0.1, 0.15) is 45.6 Å². The first-order valence-electron chi connectivity index (χ1n) is 10.2. The topological polar surface area (TPSA) is 0 Å². The standard InChI is InChI=1S/C27H23.2ClH.Zr/c1-2-3-8-19-13-14-25(24-15-20-9-4-5-10-21(20)16-24)27-18-23-12-7-6-11-22(23)17-26(19)27;;;/h4-7,9-18H,2-3,8H2,1H3;2*1H;/q;;;+2/p-2. The summed E-state index contributed by atoms with van der Waals surface area (Å²) >= 11 is 1.56. The van der Waals surface area contributed by atoms with Gasteiger partial charge in [-0.05, 0) is 0 Å². The molecule has 30 heavy (non-hydrogen) atoms.